The Labute approximate surface area is 158 Å². The summed E-state index contributed by atoms with van der Waals surface area (Å²) in [5, 5.41) is 2.42. The first-order valence-electron chi connectivity index (χ1n) is 8.97. The fourth-order valence-electron chi connectivity index (χ4n) is 2.90. The number of carbonyl (C=O) groups is 2. The third kappa shape index (κ3) is 4.75. The molecule has 3 rings (SSSR count). The van der Waals surface area contributed by atoms with Crippen molar-refractivity contribution in [1.29, 1.82) is 0 Å². The Morgan fingerprint density at radius 3 is 2.30 bits per heavy atom. The van der Waals surface area contributed by atoms with Crippen LogP contribution in [0.5, 0.6) is 0 Å². The standard InChI is InChI=1S/C20H24N4O3/c1-15-3-5-16(6-4-15)17-7-8-18(22-13-17)23-9-11-24(12-10-23)20(26)27-14-19(25)21-2/h3-8,13H,9-12,14H2,1-2H3,(H,21,25). The first kappa shape index (κ1) is 18.7. The number of rotatable bonds is 4. The van der Waals surface area contributed by atoms with Crippen LogP contribution in [0.4, 0.5) is 10.6 Å². The maximum absolute atomic E-state index is 12.0. The van der Waals surface area contributed by atoms with Gasteiger partial charge >= 0.3 is 6.09 Å². The number of likely N-dealkylation sites (N-methyl/N-ethyl adjacent to an activating group) is 1. The number of aryl methyl sites for hydroxylation is 1. The van der Waals surface area contributed by atoms with E-state index >= 15 is 0 Å². The minimum atomic E-state index is -0.457. The van der Waals surface area contributed by atoms with Crippen LogP contribution in [0.3, 0.4) is 0 Å². The van der Waals surface area contributed by atoms with Crippen LogP contribution in [-0.4, -0.2) is 61.7 Å². The number of nitrogens with zero attached hydrogens (tertiary/aromatic N) is 3. The second-order valence-electron chi connectivity index (χ2n) is 6.47. The molecule has 7 heteroatoms. The second kappa shape index (κ2) is 8.53. The fourth-order valence-corrected chi connectivity index (χ4v) is 2.90. The SMILES string of the molecule is CNC(=O)COC(=O)N1CCN(c2ccc(-c3ccc(C)cc3)cn2)CC1. The molecule has 1 aromatic heterocycles. The van der Waals surface area contributed by atoms with Gasteiger partial charge in [-0.25, -0.2) is 9.78 Å². The molecule has 0 unspecified atom stereocenters. The van der Waals surface area contributed by atoms with Gasteiger partial charge in [-0.3, -0.25) is 4.79 Å². The van der Waals surface area contributed by atoms with Crippen molar-refractivity contribution in [1.82, 2.24) is 15.2 Å². The van der Waals surface area contributed by atoms with Gasteiger partial charge in [0.25, 0.3) is 5.91 Å². The molecule has 0 radical (unpaired) electrons. The quantitative estimate of drug-likeness (QED) is 0.894. The normalized spacial score (nSPS) is 14.0. The lowest BCUT2D eigenvalue weighted by Gasteiger charge is -2.34. The van der Waals surface area contributed by atoms with Gasteiger partial charge in [0.05, 0.1) is 0 Å². The molecule has 142 valence electrons. The zero-order valence-corrected chi connectivity index (χ0v) is 15.6. The molecule has 1 aliphatic rings. The molecule has 1 fully saturated rings. The van der Waals surface area contributed by atoms with Crippen molar-refractivity contribution in [2.45, 2.75) is 6.92 Å². The van der Waals surface area contributed by atoms with Gasteiger partial charge in [-0.05, 0) is 24.6 Å². The summed E-state index contributed by atoms with van der Waals surface area (Å²) >= 11 is 0. The number of hydrogen-bond donors (Lipinski definition) is 1. The van der Waals surface area contributed by atoms with Gasteiger partial charge in [-0.1, -0.05) is 29.8 Å². The molecule has 0 saturated carbocycles. The molecule has 0 bridgehead atoms. The van der Waals surface area contributed by atoms with Crippen LogP contribution in [0, 0.1) is 6.92 Å². The first-order chi connectivity index (χ1) is 13.1. The van der Waals surface area contributed by atoms with E-state index < -0.39 is 6.09 Å². The number of anilines is 1. The summed E-state index contributed by atoms with van der Waals surface area (Å²) in [6, 6.07) is 12.4. The minimum absolute atomic E-state index is 0.252. The highest BCUT2D eigenvalue weighted by Crippen LogP contribution is 2.22. The Balaban J connectivity index is 1.54. The second-order valence-corrected chi connectivity index (χ2v) is 6.47. The molecular weight excluding hydrogens is 344 g/mol. The van der Waals surface area contributed by atoms with Gasteiger partial charge < -0.3 is 19.9 Å². The summed E-state index contributed by atoms with van der Waals surface area (Å²) < 4.78 is 4.99. The van der Waals surface area contributed by atoms with Crippen LogP contribution < -0.4 is 10.2 Å². The van der Waals surface area contributed by atoms with E-state index in [1.807, 2.05) is 12.3 Å². The lowest BCUT2D eigenvalue weighted by atomic mass is 10.1. The summed E-state index contributed by atoms with van der Waals surface area (Å²) in [4.78, 5) is 31.5. The van der Waals surface area contributed by atoms with Crippen LogP contribution in [0.1, 0.15) is 5.56 Å². The summed E-state index contributed by atoms with van der Waals surface area (Å²) in [5.41, 5.74) is 3.45. The number of benzene rings is 1. The van der Waals surface area contributed by atoms with E-state index in [-0.39, 0.29) is 12.5 Å². The van der Waals surface area contributed by atoms with Gasteiger partial charge in [0.15, 0.2) is 6.61 Å². The molecule has 1 aromatic carbocycles. The average molecular weight is 368 g/mol. The Morgan fingerprint density at radius 2 is 1.70 bits per heavy atom. The molecule has 1 aliphatic heterocycles. The van der Waals surface area contributed by atoms with Crippen LogP contribution in [0.15, 0.2) is 42.6 Å². The first-order valence-corrected chi connectivity index (χ1v) is 8.97. The molecule has 0 atom stereocenters. The number of aromatic nitrogens is 1. The van der Waals surface area contributed by atoms with E-state index in [1.165, 1.54) is 12.6 Å². The highest BCUT2D eigenvalue weighted by Gasteiger charge is 2.23. The maximum Gasteiger partial charge on any atom is 0.410 e. The van der Waals surface area contributed by atoms with E-state index in [2.05, 4.69) is 52.5 Å². The van der Waals surface area contributed by atoms with Gasteiger partial charge in [0.1, 0.15) is 5.82 Å². The van der Waals surface area contributed by atoms with Gasteiger partial charge in [0, 0.05) is 45.0 Å². The lowest BCUT2D eigenvalue weighted by Crippen LogP contribution is -2.49. The average Bonchev–Trinajstić information content (AvgIpc) is 2.72. The number of piperazine rings is 1. The van der Waals surface area contributed by atoms with E-state index in [0.29, 0.717) is 26.2 Å². The Kier molecular flexibility index (Phi) is 5.90. The lowest BCUT2D eigenvalue weighted by molar-refractivity contribution is -0.123. The van der Waals surface area contributed by atoms with E-state index in [4.69, 9.17) is 4.74 Å². The molecule has 1 saturated heterocycles. The van der Waals surface area contributed by atoms with E-state index in [1.54, 1.807) is 4.90 Å². The Hall–Kier alpha value is -3.09. The molecular formula is C20H24N4O3. The Bertz CT molecular complexity index is 782. The summed E-state index contributed by atoms with van der Waals surface area (Å²) in [6.45, 7) is 4.23. The van der Waals surface area contributed by atoms with E-state index in [9.17, 15) is 9.59 Å². The van der Waals surface area contributed by atoms with Gasteiger partial charge in [-0.15, -0.1) is 0 Å². The molecule has 0 spiro atoms. The highest BCUT2D eigenvalue weighted by molar-refractivity contribution is 5.79. The van der Waals surface area contributed by atoms with Crippen LogP contribution in [0.2, 0.25) is 0 Å². The van der Waals surface area contributed by atoms with Gasteiger partial charge in [-0.2, -0.15) is 0 Å². The largest absolute Gasteiger partial charge is 0.439 e. The molecule has 27 heavy (non-hydrogen) atoms. The number of carbonyl (C=O) groups excluding carboxylic acids is 2. The molecule has 2 amide bonds. The monoisotopic (exact) mass is 368 g/mol. The van der Waals surface area contributed by atoms with Crippen molar-refractivity contribution in [3.8, 4) is 11.1 Å². The number of ether oxygens (including phenoxy) is 1. The number of hydrogen-bond acceptors (Lipinski definition) is 5. The van der Waals surface area contributed by atoms with Gasteiger partial charge in [0.2, 0.25) is 0 Å². The summed E-state index contributed by atoms with van der Waals surface area (Å²) in [6.07, 6.45) is 1.42. The topological polar surface area (TPSA) is 74.8 Å². The Morgan fingerprint density at radius 1 is 1.04 bits per heavy atom. The third-order valence-electron chi connectivity index (χ3n) is 4.60. The maximum atomic E-state index is 12.0. The van der Waals surface area contributed by atoms with Crippen molar-refractivity contribution in [2.24, 2.45) is 0 Å². The van der Waals surface area contributed by atoms with Crippen LogP contribution in [0.25, 0.3) is 11.1 Å². The van der Waals surface area contributed by atoms with E-state index in [0.717, 1.165) is 16.9 Å². The number of nitrogens with one attached hydrogen (secondary N) is 1. The van der Waals surface area contributed by atoms with Crippen molar-refractivity contribution in [3.05, 3.63) is 48.2 Å². The summed E-state index contributed by atoms with van der Waals surface area (Å²) in [7, 11) is 1.51. The van der Waals surface area contributed by atoms with Crippen molar-refractivity contribution >= 4 is 17.8 Å². The number of amides is 2. The molecule has 0 aliphatic carbocycles. The predicted molar refractivity (Wildman–Crippen MR) is 104 cm³/mol. The predicted octanol–water partition coefficient (Wildman–Crippen LogP) is 2.06. The molecule has 1 N–H and O–H groups in total. The smallest absolute Gasteiger partial charge is 0.410 e. The number of pyridine rings is 1. The zero-order valence-electron chi connectivity index (χ0n) is 15.6. The molecule has 7 nitrogen and oxygen atoms in total. The van der Waals surface area contributed by atoms with Crippen molar-refractivity contribution in [2.75, 3.05) is 44.7 Å². The highest BCUT2D eigenvalue weighted by atomic mass is 16.6. The zero-order chi connectivity index (χ0) is 19.2. The van der Waals surface area contributed by atoms with Crippen LogP contribution in [-0.2, 0) is 9.53 Å². The van der Waals surface area contributed by atoms with Crippen molar-refractivity contribution in [3.63, 3.8) is 0 Å². The molecule has 2 heterocycles. The summed E-state index contributed by atoms with van der Waals surface area (Å²) in [5.74, 6) is 0.573. The fraction of sp³-hybridized carbons (Fsp3) is 0.350. The minimum Gasteiger partial charge on any atom is -0.439 e. The van der Waals surface area contributed by atoms with Crippen LogP contribution >= 0.6 is 0 Å². The molecule has 2 aromatic rings. The third-order valence-corrected chi connectivity index (χ3v) is 4.60. The van der Waals surface area contributed by atoms with Crippen molar-refractivity contribution < 1.29 is 14.3 Å².